The molecule has 0 spiro atoms. The minimum atomic E-state index is -0.946. The van der Waals surface area contributed by atoms with Crippen LogP contribution < -0.4 is 15.4 Å². The van der Waals surface area contributed by atoms with E-state index in [1.807, 2.05) is 42.5 Å². The Kier molecular flexibility index (Phi) is 6.50. The van der Waals surface area contributed by atoms with Crippen LogP contribution in [0.2, 0.25) is 0 Å². The third kappa shape index (κ3) is 4.78. The van der Waals surface area contributed by atoms with Crippen molar-refractivity contribution in [3.63, 3.8) is 0 Å². The van der Waals surface area contributed by atoms with Gasteiger partial charge in [0.2, 0.25) is 0 Å². The molecule has 2 aliphatic carbocycles. The van der Waals surface area contributed by atoms with Crippen molar-refractivity contribution in [1.29, 1.82) is 0 Å². The largest absolute Gasteiger partial charge is 0.490 e. The molecular weight excluding hydrogens is 470 g/mol. The van der Waals surface area contributed by atoms with E-state index >= 15 is 0 Å². The van der Waals surface area contributed by atoms with Gasteiger partial charge in [-0.2, -0.15) is 0 Å². The minimum absolute atomic E-state index is 0.110. The van der Waals surface area contributed by atoms with Gasteiger partial charge in [-0.05, 0) is 68.4 Å². The number of aromatic carboxylic acids is 1. The van der Waals surface area contributed by atoms with Crippen molar-refractivity contribution in [3.05, 3.63) is 48.0 Å². The molecule has 0 atom stereocenters. The first-order valence-electron chi connectivity index (χ1n) is 13.4. The summed E-state index contributed by atoms with van der Waals surface area (Å²) in [5.74, 6) is -0.184. The van der Waals surface area contributed by atoms with E-state index in [-0.39, 0.29) is 24.2 Å². The fourth-order valence-corrected chi connectivity index (χ4v) is 5.49. The fraction of sp³-hybridized carbons (Fsp3) is 0.448. The van der Waals surface area contributed by atoms with Crippen molar-refractivity contribution in [2.24, 2.45) is 0 Å². The first kappa shape index (κ1) is 23.9. The number of amides is 2. The number of ether oxygens (including phenoxy) is 2. The molecule has 2 amide bonds. The zero-order valence-corrected chi connectivity index (χ0v) is 20.9. The zero-order valence-electron chi connectivity index (χ0n) is 20.9. The second kappa shape index (κ2) is 10.1. The number of rotatable bonds is 7. The number of nitrogens with one attached hydrogen (secondary N) is 2. The van der Waals surface area contributed by atoms with E-state index < -0.39 is 5.97 Å². The molecule has 2 aromatic carbocycles. The van der Waals surface area contributed by atoms with Crippen LogP contribution in [0, 0.1) is 0 Å². The maximum atomic E-state index is 12.6. The van der Waals surface area contributed by atoms with Gasteiger partial charge >= 0.3 is 12.0 Å². The molecule has 1 aromatic heterocycles. The third-order valence-corrected chi connectivity index (χ3v) is 7.96. The highest BCUT2D eigenvalue weighted by Gasteiger charge is 2.30. The van der Waals surface area contributed by atoms with Crippen molar-refractivity contribution in [2.75, 3.05) is 18.5 Å². The summed E-state index contributed by atoms with van der Waals surface area (Å²) in [7, 11) is 0. The van der Waals surface area contributed by atoms with Gasteiger partial charge < -0.3 is 29.8 Å². The Balaban J connectivity index is 1.35. The molecule has 0 bridgehead atoms. The van der Waals surface area contributed by atoms with E-state index in [0.29, 0.717) is 30.2 Å². The van der Waals surface area contributed by atoms with Gasteiger partial charge in [0.05, 0.1) is 30.0 Å². The molecule has 3 N–H and O–H groups in total. The molecule has 6 rings (SSSR count). The first-order chi connectivity index (χ1) is 18.1. The smallest absolute Gasteiger partial charge is 0.338 e. The predicted molar refractivity (Wildman–Crippen MR) is 141 cm³/mol. The summed E-state index contributed by atoms with van der Waals surface area (Å²) in [5, 5.41) is 16.9. The molecule has 0 radical (unpaired) electrons. The minimum Gasteiger partial charge on any atom is -0.490 e. The van der Waals surface area contributed by atoms with Crippen LogP contribution in [-0.4, -0.2) is 47.0 Å². The number of hydrogen-bond donors (Lipinski definition) is 3. The molecule has 8 nitrogen and oxygen atoms in total. The van der Waals surface area contributed by atoms with Crippen molar-refractivity contribution in [2.45, 2.75) is 69.6 Å². The topological polar surface area (TPSA) is 102 Å². The molecule has 8 heteroatoms. The lowest BCUT2D eigenvalue weighted by Crippen LogP contribution is -2.41. The first-order valence-corrected chi connectivity index (χ1v) is 13.4. The van der Waals surface area contributed by atoms with Crippen molar-refractivity contribution in [3.8, 4) is 17.0 Å². The Morgan fingerprint density at radius 2 is 1.68 bits per heavy atom. The van der Waals surface area contributed by atoms with Gasteiger partial charge in [-0.1, -0.05) is 12.1 Å². The number of urea groups is 1. The molecule has 37 heavy (non-hydrogen) atoms. The number of carboxylic acids is 1. The number of fused-ring (bicyclic) bond motifs is 1. The van der Waals surface area contributed by atoms with E-state index in [0.717, 1.165) is 73.6 Å². The van der Waals surface area contributed by atoms with Gasteiger partial charge in [0.1, 0.15) is 11.9 Å². The number of nitrogens with zero attached hydrogens (tertiary/aromatic N) is 1. The van der Waals surface area contributed by atoms with Crippen molar-refractivity contribution >= 4 is 28.6 Å². The van der Waals surface area contributed by atoms with Gasteiger partial charge in [0.25, 0.3) is 0 Å². The highest BCUT2D eigenvalue weighted by molar-refractivity contribution is 6.10. The van der Waals surface area contributed by atoms with Crippen molar-refractivity contribution < 1.29 is 24.2 Å². The highest BCUT2D eigenvalue weighted by atomic mass is 16.5. The summed E-state index contributed by atoms with van der Waals surface area (Å²) < 4.78 is 13.9. The molecule has 3 fully saturated rings. The lowest BCUT2D eigenvalue weighted by molar-refractivity contribution is 0.0256. The lowest BCUT2D eigenvalue weighted by Gasteiger charge is -2.30. The summed E-state index contributed by atoms with van der Waals surface area (Å²) >= 11 is 0. The predicted octanol–water partition coefficient (Wildman–Crippen LogP) is 5.96. The summed E-state index contributed by atoms with van der Waals surface area (Å²) in [6.07, 6.45) is 8.18. The quantitative estimate of drug-likeness (QED) is 0.369. The van der Waals surface area contributed by atoms with Crippen LogP contribution in [0.1, 0.15) is 67.8 Å². The molecule has 194 valence electrons. The van der Waals surface area contributed by atoms with Gasteiger partial charge in [-0.3, -0.25) is 0 Å². The number of carbonyl (C=O) groups is 2. The Morgan fingerprint density at radius 3 is 2.30 bits per heavy atom. The Labute approximate surface area is 215 Å². The second-order valence-corrected chi connectivity index (χ2v) is 10.4. The molecule has 1 saturated heterocycles. The second-order valence-electron chi connectivity index (χ2n) is 10.4. The number of anilines is 1. The standard InChI is InChI=1S/C29H33N3O5/c33-28(34)26-24-12-11-23(37-22-13-15-36-16-14-22)17-25(24)32(21-5-2-6-21)27(26)18-7-9-20(10-8-18)31-29(35)30-19-3-1-4-19/h7-12,17,19,21-22H,1-6,13-16H2,(H,33,34)(H2,30,31,35). The van der Waals surface area contributed by atoms with Gasteiger partial charge in [0, 0.05) is 42.1 Å². The fourth-order valence-electron chi connectivity index (χ4n) is 5.49. The van der Waals surface area contributed by atoms with Crippen LogP contribution in [0.5, 0.6) is 5.75 Å². The average molecular weight is 504 g/mol. The Morgan fingerprint density at radius 1 is 0.946 bits per heavy atom. The summed E-state index contributed by atoms with van der Waals surface area (Å²) in [6.45, 7) is 1.40. The number of carboxylic acid groups (broad SMARTS) is 1. The van der Waals surface area contributed by atoms with E-state index in [2.05, 4.69) is 15.2 Å². The zero-order chi connectivity index (χ0) is 25.4. The molecule has 3 aromatic rings. The number of aromatic nitrogens is 1. The summed E-state index contributed by atoms with van der Waals surface area (Å²) in [5.41, 5.74) is 3.40. The monoisotopic (exact) mass is 503 g/mol. The van der Waals surface area contributed by atoms with E-state index in [1.165, 1.54) is 0 Å². The molecule has 1 aliphatic heterocycles. The van der Waals surface area contributed by atoms with E-state index in [9.17, 15) is 14.7 Å². The normalized spacial score (nSPS) is 18.7. The highest BCUT2D eigenvalue weighted by Crippen LogP contribution is 2.44. The van der Waals surface area contributed by atoms with Gasteiger partial charge in [-0.15, -0.1) is 0 Å². The SMILES string of the molecule is O=C(Nc1ccc(-c2c(C(=O)O)c3ccc(OC4CCOCC4)cc3n2C2CCC2)cc1)NC1CCC1. The lowest BCUT2D eigenvalue weighted by atomic mass is 9.92. The average Bonchev–Trinajstić information content (AvgIpc) is 3.16. The van der Waals surface area contributed by atoms with Crippen LogP contribution in [0.25, 0.3) is 22.2 Å². The maximum Gasteiger partial charge on any atom is 0.338 e. The van der Waals surface area contributed by atoms with Gasteiger partial charge in [0.15, 0.2) is 0 Å². The number of carbonyl (C=O) groups excluding carboxylic acids is 1. The molecule has 0 unspecified atom stereocenters. The van der Waals surface area contributed by atoms with Crippen LogP contribution in [-0.2, 0) is 4.74 Å². The summed E-state index contributed by atoms with van der Waals surface area (Å²) in [4.78, 5) is 24.9. The van der Waals surface area contributed by atoms with Gasteiger partial charge in [-0.25, -0.2) is 9.59 Å². The third-order valence-electron chi connectivity index (χ3n) is 7.96. The number of hydrogen-bond acceptors (Lipinski definition) is 4. The Hall–Kier alpha value is -3.52. The summed E-state index contributed by atoms with van der Waals surface area (Å²) in [6, 6.07) is 13.5. The van der Waals surface area contributed by atoms with E-state index in [1.54, 1.807) is 0 Å². The van der Waals surface area contributed by atoms with Crippen LogP contribution >= 0.6 is 0 Å². The van der Waals surface area contributed by atoms with Crippen molar-refractivity contribution in [1.82, 2.24) is 9.88 Å². The van der Waals surface area contributed by atoms with Crippen LogP contribution in [0.3, 0.4) is 0 Å². The molecule has 3 aliphatic rings. The maximum absolute atomic E-state index is 12.6. The molecule has 2 saturated carbocycles. The number of benzene rings is 2. The molecular formula is C29H33N3O5. The van der Waals surface area contributed by atoms with Crippen LogP contribution in [0.15, 0.2) is 42.5 Å². The van der Waals surface area contributed by atoms with Crippen LogP contribution in [0.4, 0.5) is 10.5 Å². The Bertz CT molecular complexity index is 1300. The molecule has 2 heterocycles. The van der Waals surface area contributed by atoms with E-state index in [4.69, 9.17) is 9.47 Å².